The van der Waals surface area contributed by atoms with Crippen molar-refractivity contribution in [3.63, 3.8) is 0 Å². The molecule has 0 radical (unpaired) electrons. The number of fused-ring (bicyclic) bond motifs is 1. The first-order valence-corrected chi connectivity index (χ1v) is 8.84. The van der Waals surface area contributed by atoms with E-state index in [9.17, 15) is 4.79 Å². The molecule has 4 heteroatoms. The van der Waals surface area contributed by atoms with E-state index in [1.165, 1.54) is 32.1 Å². The third-order valence-corrected chi connectivity index (χ3v) is 5.35. The molecule has 3 atom stereocenters. The Hall–Kier alpha value is -0.610. The summed E-state index contributed by atoms with van der Waals surface area (Å²) in [7, 11) is 0. The summed E-state index contributed by atoms with van der Waals surface area (Å²) < 4.78 is 11.5. The molecule has 4 nitrogen and oxygen atoms in total. The summed E-state index contributed by atoms with van der Waals surface area (Å²) in [5.41, 5.74) is 0. The zero-order chi connectivity index (χ0) is 14.5. The first-order chi connectivity index (χ1) is 10.3. The van der Waals surface area contributed by atoms with Crippen LogP contribution in [-0.2, 0) is 14.3 Å². The summed E-state index contributed by atoms with van der Waals surface area (Å²) in [6.07, 6.45) is 11.9. The van der Waals surface area contributed by atoms with E-state index >= 15 is 0 Å². The van der Waals surface area contributed by atoms with E-state index in [0.29, 0.717) is 13.0 Å². The van der Waals surface area contributed by atoms with E-state index in [2.05, 4.69) is 5.32 Å². The van der Waals surface area contributed by atoms with Crippen molar-refractivity contribution in [2.24, 2.45) is 5.92 Å². The molecule has 3 rings (SSSR count). The molecule has 2 saturated carbocycles. The van der Waals surface area contributed by atoms with Crippen LogP contribution < -0.4 is 5.32 Å². The highest BCUT2D eigenvalue weighted by atomic mass is 16.6. The fourth-order valence-corrected chi connectivity index (χ4v) is 4.11. The van der Waals surface area contributed by atoms with Crippen molar-refractivity contribution in [1.82, 2.24) is 5.32 Å². The average molecular weight is 295 g/mol. The largest absolute Gasteiger partial charge is 0.373 e. The molecule has 2 aliphatic carbocycles. The number of nitrogens with one attached hydrogen (secondary N) is 1. The molecule has 21 heavy (non-hydrogen) atoms. The van der Waals surface area contributed by atoms with Crippen LogP contribution in [0, 0.1) is 5.92 Å². The molecule has 1 heterocycles. The zero-order valence-electron chi connectivity index (χ0n) is 13.0. The number of hydrogen-bond donors (Lipinski definition) is 1. The first-order valence-electron chi connectivity index (χ1n) is 8.84. The molecule has 120 valence electrons. The number of ether oxygens (including phenoxy) is 2. The second-order valence-corrected chi connectivity index (χ2v) is 6.94. The number of carbonyl (C=O) groups is 1. The normalized spacial score (nSPS) is 34.2. The Morgan fingerprint density at radius 2 is 1.71 bits per heavy atom. The van der Waals surface area contributed by atoms with Gasteiger partial charge in [-0.05, 0) is 31.6 Å². The van der Waals surface area contributed by atoms with E-state index < -0.39 is 0 Å². The fraction of sp³-hybridized carbons (Fsp3) is 0.941. The van der Waals surface area contributed by atoms with Gasteiger partial charge in [-0.2, -0.15) is 0 Å². The van der Waals surface area contributed by atoms with Crippen molar-refractivity contribution >= 4 is 5.91 Å². The lowest BCUT2D eigenvalue weighted by atomic mass is 9.86. The van der Waals surface area contributed by atoms with Crippen molar-refractivity contribution in [3.05, 3.63) is 0 Å². The minimum absolute atomic E-state index is 0.191. The van der Waals surface area contributed by atoms with Crippen LogP contribution in [0.1, 0.15) is 64.2 Å². The van der Waals surface area contributed by atoms with Gasteiger partial charge in [0.25, 0.3) is 0 Å². The topological polar surface area (TPSA) is 47.6 Å². The second kappa shape index (κ2) is 7.59. The Balaban J connectivity index is 1.36. The van der Waals surface area contributed by atoms with Crippen LogP contribution >= 0.6 is 0 Å². The van der Waals surface area contributed by atoms with Gasteiger partial charge in [0, 0.05) is 12.5 Å². The number of hydrogen-bond acceptors (Lipinski definition) is 3. The summed E-state index contributed by atoms with van der Waals surface area (Å²) >= 11 is 0. The first kappa shape index (κ1) is 15.3. The van der Waals surface area contributed by atoms with E-state index in [-0.39, 0.29) is 24.2 Å². The van der Waals surface area contributed by atoms with Crippen molar-refractivity contribution in [3.8, 4) is 0 Å². The Morgan fingerprint density at radius 3 is 2.52 bits per heavy atom. The van der Waals surface area contributed by atoms with Gasteiger partial charge in [-0.1, -0.05) is 32.1 Å². The predicted octanol–water partition coefficient (Wildman–Crippen LogP) is 2.80. The number of amides is 1. The maximum absolute atomic E-state index is 12.1. The van der Waals surface area contributed by atoms with Gasteiger partial charge in [0.15, 0.2) is 0 Å². The molecular formula is C17H29NO3. The molecule has 0 aromatic heterocycles. The highest BCUT2D eigenvalue weighted by Gasteiger charge is 2.34. The van der Waals surface area contributed by atoms with E-state index in [1.54, 1.807) is 0 Å². The standard InChI is InChI=1S/C17H29NO3/c19-17(9-6-13-4-2-1-3-5-13)18-14-7-8-15-16(12-14)21-11-10-20-15/h13-16H,1-12H2,(H,18,19). The number of carbonyl (C=O) groups excluding carboxylic acids is 1. The Kier molecular flexibility index (Phi) is 5.53. The third kappa shape index (κ3) is 4.43. The van der Waals surface area contributed by atoms with Crippen LogP contribution in [-0.4, -0.2) is 37.4 Å². The SMILES string of the molecule is O=C(CCC1CCCCC1)NC1CCC2OCCOC2C1. The van der Waals surface area contributed by atoms with Crippen molar-refractivity contribution < 1.29 is 14.3 Å². The van der Waals surface area contributed by atoms with Crippen LogP contribution in [0.3, 0.4) is 0 Å². The molecule has 0 bridgehead atoms. The predicted molar refractivity (Wildman–Crippen MR) is 81.1 cm³/mol. The molecule has 3 unspecified atom stereocenters. The van der Waals surface area contributed by atoms with Gasteiger partial charge in [0.2, 0.25) is 5.91 Å². The molecule has 3 aliphatic rings. The molecule has 1 N–H and O–H groups in total. The lowest BCUT2D eigenvalue weighted by Gasteiger charge is -2.39. The minimum atomic E-state index is 0.191. The van der Waals surface area contributed by atoms with Crippen LogP contribution in [0.25, 0.3) is 0 Å². The minimum Gasteiger partial charge on any atom is -0.373 e. The van der Waals surface area contributed by atoms with Gasteiger partial charge in [-0.3, -0.25) is 4.79 Å². The Labute approximate surface area is 127 Å². The summed E-state index contributed by atoms with van der Waals surface area (Å²) in [5, 5.41) is 3.22. The van der Waals surface area contributed by atoms with Crippen molar-refractivity contribution in [2.75, 3.05) is 13.2 Å². The quantitative estimate of drug-likeness (QED) is 0.867. The van der Waals surface area contributed by atoms with Gasteiger partial charge in [0.05, 0.1) is 25.4 Å². The Bertz CT molecular complexity index is 341. The molecule has 1 aliphatic heterocycles. The maximum Gasteiger partial charge on any atom is 0.220 e. The molecular weight excluding hydrogens is 266 g/mol. The second-order valence-electron chi connectivity index (χ2n) is 6.94. The van der Waals surface area contributed by atoms with E-state index in [0.717, 1.165) is 38.2 Å². The molecule has 1 saturated heterocycles. The molecule has 3 fully saturated rings. The Morgan fingerprint density at radius 1 is 0.952 bits per heavy atom. The fourth-order valence-electron chi connectivity index (χ4n) is 4.11. The van der Waals surface area contributed by atoms with Crippen molar-refractivity contribution in [1.29, 1.82) is 0 Å². The van der Waals surface area contributed by atoms with Gasteiger partial charge in [-0.15, -0.1) is 0 Å². The number of rotatable bonds is 4. The van der Waals surface area contributed by atoms with E-state index in [4.69, 9.17) is 9.47 Å². The van der Waals surface area contributed by atoms with Gasteiger partial charge >= 0.3 is 0 Å². The molecule has 0 aromatic carbocycles. The van der Waals surface area contributed by atoms with Gasteiger partial charge in [-0.25, -0.2) is 0 Å². The zero-order valence-corrected chi connectivity index (χ0v) is 13.0. The highest BCUT2D eigenvalue weighted by molar-refractivity contribution is 5.76. The van der Waals surface area contributed by atoms with E-state index in [1.807, 2.05) is 0 Å². The lowest BCUT2D eigenvalue weighted by Crippen LogP contribution is -2.49. The van der Waals surface area contributed by atoms with Crippen LogP contribution in [0.4, 0.5) is 0 Å². The van der Waals surface area contributed by atoms with Gasteiger partial charge < -0.3 is 14.8 Å². The summed E-state index contributed by atoms with van der Waals surface area (Å²) in [6, 6.07) is 0.284. The summed E-state index contributed by atoms with van der Waals surface area (Å²) in [6.45, 7) is 1.42. The van der Waals surface area contributed by atoms with Crippen LogP contribution in [0.2, 0.25) is 0 Å². The van der Waals surface area contributed by atoms with Crippen LogP contribution in [0.15, 0.2) is 0 Å². The highest BCUT2D eigenvalue weighted by Crippen LogP contribution is 2.28. The van der Waals surface area contributed by atoms with Crippen LogP contribution in [0.5, 0.6) is 0 Å². The average Bonchev–Trinajstić information content (AvgIpc) is 2.54. The summed E-state index contributed by atoms with van der Waals surface area (Å²) in [5.74, 6) is 1.02. The maximum atomic E-state index is 12.1. The molecule has 1 amide bonds. The van der Waals surface area contributed by atoms with Crippen molar-refractivity contribution in [2.45, 2.75) is 82.5 Å². The molecule has 0 aromatic rings. The summed E-state index contributed by atoms with van der Waals surface area (Å²) in [4.78, 5) is 12.1. The lowest BCUT2D eigenvalue weighted by molar-refractivity contribution is -0.158. The molecule has 0 spiro atoms. The third-order valence-electron chi connectivity index (χ3n) is 5.35. The smallest absolute Gasteiger partial charge is 0.220 e. The monoisotopic (exact) mass is 295 g/mol. The van der Waals surface area contributed by atoms with Gasteiger partial charge in [0.1, 0.15) is 0 Å².